The van der Waals surface area contributed by atoms with Crippen molar-refractivity contribution in [2.45, 2.75) is 38.6 Å². The van der Waals surface area contributed by atoms with E-state index in [9.17, 15) is 13.2 Å². The van der Waals surface area contributed by atoms with Crippen molar-refractivity contribution in [1.29, 1.82) is 0 Å². The van der Waals surface area contributed by atoms with Gasteiger partial charge < -0.3 is 5.32 Å². The van der Waals surface area contributed by atoms with E-state index in [-0.39, 0.29) is 17.5 Å². The molecule has 1 aromatic carbocycles. The number of hydrogen-bond acceptors (Lipinski definition) is 1. The number of rotatable bonds is 4. The Labute approximate surface area is 117 Å². The van der Waals surface area contributed by atoms with Crippen molar-refractivity contribution in [2.24, 2.45) is 17.8 Å². The summed E-state index contributed by atoms with van der Waals surface area (Å²) in [6.07, 6.45) is 4.60. The summed E-state index contributed by atoms with van der Waals surface area (Å²) in [6, 6.07) is 1.24. The molecule has 2 saturated carbocycles. The maximum Gasteiger partial charge on any atom is 0.133 e. The SMILES string of the molecule is CCNC(c1c(F)cc(F)cc1F)C1CC2CCC1C2. The van der Waals surface area contributed by atoms with Gasteiger partial charge >= 0.3 is 0 Å². The Hall–Kier alpha value is -1.03. The van der Waals surface area contributed by atoms with E-state index in [0.29, 0.717) is 18.4 Å². The fourth-order valence-electron chi connectivity index (χ4n) is 4.24. The van der Waals surface area contributed by atoms with Crippen LogP contribution in [0.3, 0.4) is 0 Å². The average molecular weight is 283 g/mol. The Bertz CT molecular complexity index is 479. The van der Waals surface area contributed by atoms with Crippen LogP contribution in [0.5, 0.6) is 0 Å². The molecule has 4 atom stereocenters. The van der Waals surface area contributed by atoms with E-state index >= 15 is 0 Å². The number of halogens is 3. The van der Waals surface area contributed by atoms with E-state index in [2.05, 4.69) is 5.32 Å². The molecule has 20 heavy (non-hydrogen) atoms. The molecule has 1 aromatic rings. The minimum Gasteiger partial charge on any atom is -0.310 e. The summed E-state index contributed by atoms with van der Waals surface area (Å²) in [4.78, 5) is 0. The molecule has 1 nitrogen and oxygen atoms in total. The monoisotopic (exact) mass is 283 g/mol. The zero-order valence-electron chi connectivity index (χ0n) is 11.6. The van der Waals surface area contributed by atoms with Gasteiger partial charge in [0.15, 0.2) is 0 Å². The molecule has 1 N–H and O–H groups in total. The maximum absolute atomic E-state index is 14.1. The Balaban J connectivity index is 1.95. The van der Waals surface area contributed by atoms with Crippen molar-refractivity contribution < 1.29 is 13.2 Å². The van der Waals surface area contributed by atoms with E-state index in [1.54, 1.807) is 0 Å². The Morgan fingerprint density at radius 1 is 1.15 bits per heavy atom. The largest absolute Gasteiger partial charge is 0.310 e. The summed E-state index contributed by atoms with van der Waals surface area (Å²) in [5, 5.41) is 3.22. The molecule has 2 fully saturated rings. The molecular weight excluding hydrogens is 263 g/mol. The predicted molar refractivity (Wildman–Crippen MR) is 71.7 cm³/mol. The second-order valence-corrected chi connectivity index (χ2v) is 6.16. The van der Waals surface area contributed by atoms with Crippen molar-refractivity contribution in [2.75, 3.05) is 6.54 Å². The first kappa shape index (κ1) is 13.9. The summed E-state index contributed by atoms with van der Waals surface area (Å²) < 4.78 is 41.2. The molecule has 2 aliphatic rings. The molecule has 110 valence electrons. The van der Waals surface area contributed by atoms with Crippen molar-refractivity contribution in [3.63, 3.8) is 0 Å². The van der Waals surface area contributed by atoms with Crippen LogP contribution in [0.25, 0.3) is 0 Å². The lowest BCUT2D eigenvalue weighted by Gasteiger charge is -2.32. The molecule has 0 radical (unpaired) electrons. The number of benzene rings is 1. The highest BCUT2D eigenvalue weighted by molar-refractivity contribution is 5.26. The fourth-order valence-corrected chi connectivity index (χ4v) is 4.24. The Kier molecular flexibility index (Phi) is 3.76. The molecule has 0 heterocycles. The summed E-state index contributed by atoms with van der Waals surface area (Å²) >= 11 is 0. The maximum atomic E-state index is 14.1. The topological polar surface area (TPSA) is 12.0 Å². The van der Waals surface area contributed by atoms with Gasteiger partial charge in [0.05, 0.1) is 0 Å². The second-order valence-electron chi connectivity index (χ2n) is 6.16. The smallest absolute Gasteiger partial charge is 0.133 e. The lowest BCUT2D eigenvalue weighted by Crippen LogP contribution is -2.32. The molecule has 0 aromatic heterocycles. The molecular formula is C16H20F3N. The van der Waals surface area contributed by atoms with Crippen LogP contribution >= 0.6 is 0 Å². The van der Waals surface area contributed by atoms with Gasteiger partial charge in [0, 0.05) is 23.7 Å². The lowest BCUT2D eigenvalue weighted by molar-refractivity contribution is 0.243. The first-order valence-corrected chi connectivity index (χ1v) is 7.48. The van der Waals surface area contributed by atoms with Gasteiger partial charge in [0.2, 0.25) is 0 Å². The van der Waals surface area contributed by atoms with Gasteiger partial charge in [-0.3, -0.25) is 0 Å². The number of fused-ring (bicyclic) bond motifs is 2. The quantitative estimate of drug-likeness (QED) is 0.873. The van der Waals surface area contributed by atoms with Crippen LogP contribution in [0, 0.1) is 35.2 Å². The standard InChI is InChI=1S/C16H20F3N/c1-2-20-16(12-6-9-3-4-10(12)5-9)15-13(18)7-11(17)8-14(15)19/h7-10,12,16,20H,2-6H2,1H3. The molecule has 2 aliphatic carbocycles. The van der Waals surface area contributed by atoms with E-state index in [1.807, 2.05) is 6.92 Å². The fraction of sp³-hybridized carbons (Fsp3) is 0.625. The molecule has 0 spiro atoms. The van der Waals surface area contributed by atoms with Crippen LogP contribution in [0.1, 0.15) is 44.2 Å². The van der Waals surface area contributed by atoms with Crippen molar-refractivity contribution in [3.05, 3.63) is 35.1 Å². The molecule has 2 bridgehead atoms. The van der Waals surface area contributed by atoms with Crippen molar-refractivity contribution >= 4 is 0 Å². The van der Waals surface area contributed by atoms with Crippen LogP contribution in [-0.4, -0.2) is 6.54 Å². The molecule has 0 amide bonds. The van der Waals surface area contributed by atoms with Gasteiger partial charge in [-0.15, -0.1) is 0 Å². The predicted octanol–water partition coefficient (Wildman–Crippen LogP) is 4.19. The van der Waals surface area contributed by atoms with Gasteiger partial charge in [-0.25, -0.2) is 13.2 Å². The van der Waals surface area contributed by atoms with Gasteiger partial charge in [-0.2, -0.15) is 0 Å². The van der Waals surface area contributed by atoms with Crippen LogP contribution in [0.15, 0.2) is 12.1 Å². The van der Waals surface area contributed by atoms with Crippen LogP contribution in [0.2, 0.25) is 0 Å². The van der Waals surface area contributed by atoms with Crippen LogP contribution in [0.4, 0.5) is 13.2 Å². The normalized spacial score (nSPS) is 29.9. The highest BCUT2D eigenvalue weighted by atomic mass is 19.1. The summed E-state index contributed by atoms with van der Waals surface area (Å²) in [5.74, 6) is -0.867. The Morgan fingerprint density at radius 3 is 2.35 bits per heavy atom. The minimum absolute atomic E-state index is 0.0193. The van der Waals surface area contributed by atoms with Crippen molar-refractivity contribution in [1.82, 2.24) is 5.32 Å². The third-order valence-electron chi connectivity index (χ3n) is 5.00. The Morgan fingerprint density at radius 2 is 1.85 bits per heavy atom. The zero-order chi connectivity index (χ0) is 14.3. The summed E-state index contributed by atoms with van der Waals surface area (Å²) in [5.41, 5.74) is 0.0193. The molecule has 4 unspecified atom stereocenters. The molecule has 4 heteroatoms. The average Bonchev–Trinajstić information content (AvgIpc) is 2.98. The minimum atomic E-state index is -0.855. The number of nitrogens with one attached hydrogen (secondary N) is 1. The number of hydrogen-bond donors (Lipinski definition) is 1. The van der Waals surface area contributed by atoms with Gasteiger partial charge in [-0.1, -0.05) is 13.3 Å². The summed E-state index contributed by atoms with van der Waals surface area (Å²) in [7, 11) is 0. The first-order chi connectivity index (χ1) is 9.60. The molecule has 0 aliphatic heterocycles. The third kappa shape index (κ3) is 2.34. The van der Waals surface area contributed by atoms with Gasteiger partial charge in [-0.05, 0) is 43.6 Å². The van der Waals surface area contributed by atoms with E-state index < -0.39 is 17.5 Å². The second kappa shape index (κ2) is 5.40. The van der Waals surface area contributed by atoms with E-state index in [0.717, 1.165) is 25.0 Å². The van der Waals surface area contributed by atoms with E-state index in [1.165, 1.54) is 12.8 Å². The summed E-state index contributed by atoms with van der Waals surface area (Å²) in [6.45, 7) is 2.58. The zero-order valence-corrected chi connectivity index (χ0v) is 11.6. The van der Waals surface area contributed by atoms with Gasteiger partial charge in [0.25, 0.3) is 0 Å². The lowest BCUT2D eigenvalue weighted by atomic mass is 9.80. The third-order valence-corrected chi connectivity index (χ3v) is 5.00. The van der Waals surface area contributed by atoms with Gasteiger partial charge in [0.1, 0.15) is 17.5 Å². The molecule has 0 saturated heterocycles. The van der Waals surface area contributed by atoms with Crippen LogP contribution < -0.4 is 5.32 Å². The van der Waals surface area contributed by atoms with Crippen LogP contribution in [-0.2, 0) is 0 Å². The first-order valence-electron chi connectivity index (χ1n) is 7.48. The molecule has 3 rings (SSSR count). The van der Waals surface area contributed by atoms with E-state index in [4.69, 9.17) is 0 Å². The van der Waals surface area contributed by atoms with Crippen molar-refractivity contribution in [3.8, 4) is 0 Å². The highest BCUT2D eigenvalue weighted by Gasteiger charge is 2.44. The highest BCUT2D eigenvalue weighted by Crippen LogP contribution is 2.53.